The third-order valence-electron chi connectivity index (χ3n) is 8.35. The summed E-state index contributed by atoms with van der Waals surface area (Å²) < 4.78 is 0. The molecule has 3 saturated carbocycles. The van der Waals surface area contributed by atoms with Crippen molar-refractivity contribution in [3.63, 3.8) is 0 Å². The Morgan fingerprint density at radius 2 is 1.89 bits per heavy atom. The molecule has 0 aromatic carbocycles. The van der Waals surface area contributed by atoms with Crippen LogP contribution in [0.5, 0.6) is 0 Å². The van der Waals surface area contributed by atoms with Crippen LogP contribution in [-0.4, -0.2) is 11.2 Å². The average Bonchev–Trinajstić information content (AvgIpc) is 2.99. The van der Waals surface area contributed by atoms with Crippen molar-refractivity contribution in [1.82, 2.24) is 0 Å². The first-order valence-electron chi connectivity index (χ1n) is 12.1. The highest BCUT2D eigenvalue weighted by Crippen LogP contribution is 2.59. The molecule has 0 unspecified atom stereocenters. The fraction of sp³-hybridized carbons (Fsp3) is 0.778. The number of allylic oxidation sites excluding steroid dienone is 4. The molecule has 3 aliphatic rings. The summed E-state index contributed by atoms with van der Waals surface area (Å²) in [5.41, 5.74) is 4.72. The molecule has 0 aromatic rings. The van der Waals surface area contributed by atoms with E-state index < -0.39 is 0 Å². The van der Waals surface area contributed by atoms with Crippen LogP contribution in [0.2, 0.25) is 0 Å². The largest absolute Gasteiger partial charge is 0.393 e. The molecule has 0 spiro atoms. The van der Waals surface area contributed by atoms with Gasteiger partial charge < -0.3 is 5.11 Å². The monoisotopic (exact) mass is 384 g/mol. The van der Waals surface area contributed by atoms with Gasteiger partial charge in [0.15, 0.2) is 0 Å². The molecule has 28 heavy (non-hydrogen) atoms. The Hall–Kier alpha value is -0.820. The molecular formula is C27H44O. The minimum absolute atomic E-state index is 0.172. The van der Waals surface area contributed by atoms with Gasteiger partial charge in [-0.15, -0.1) is 0 Å². The van der Waals surface area contributed by atoms with E-state index >= 15 is 0 Å². The molecule has 0 radical (unpaired) electrons. The third kappa shape index (κ3) is 4.84. The van der Waals surface area contributed by atoms with Crippen LogP contribution in [0.15, 0.2) is 35.5 Å². The van der Waals surface area contributed by atoms with Crippen LogP contribution in [0.25, 0.3) is 0 Å². The topological polar surface area (TPSA) is 20.2 Å². The maximum Gasteiger partial charge on any atom is 0.0583 e. The lowest BCUT2D eigenvalue weighted by Crippen LogP contribution is -2.36. The van der Waals surface area contributed by atoms with Gasteiger partial charge in [0.05, 0.1) is 6.10 Å². The molecule has 3 aliphatic carbocycles. The molecule has 3 rings (SSSR count). The summed E-state index contributed by atoms with van der Waals surface area (Å²) in [6, 6.07) is 0. The summed E-state index contributed by atoms with van der Waals surface area (Å²) in [6.07, 6.45) is 18.2. The molecule has 1 N–H and O–H groups in total. The van der Waals surface area contributed by atoms with E-state index in [4.69, 9.17) is 0 Å². The van der Waals surface area contributed by atoms with Crippen LogP contribution in [0, 0.1) is 29.1 Å². The minimum atomic E-state index is -0.172. The number of aliphatic hydroxyl groups excluding tert-OH is 1. The molecule has 0 heterocycles. The highest BCUT2D eigenvalue weighted by molar-refractivity contribution is 5.36. The zero-order chi connectivity index (χ0) is 20.3. The summed E-state index contributed by atoms with van der Waals surface area (Å²) in [6.45, 7) is 14.1. The molecule has 0 amide bonds. The van der Waals surface area contributed by atoms with Crippen LogP contribution in [-0.2, 0) is 0 Å². The average molecular weight is 385 g/mol. The molecule has 1 nitrogen and oxygen atoms in total. The number of hydrogen-bond acceptors (Lipinski definition) is 1. The minimum Gasteiger partial charge on any atom is -0.393 e. The van der Waals surface area contributed by atoms with E-state index in [1.807, 2.05) is 0 Å². The van der Waals surface area contributed by atoms with Gasteiger partial charge in [-0.25, -0.2) is 0 Å². The van der Waals surface area contributed by atoms with Gasteiger partial charge in [-0.05, 0) is 86.0 Å². The van der Waals surface area contributed by atoms with Crippen LogP contribution < -0.4 is 0 Å². The molecule has 0 saturated heterocycles. The van der Waals surface area contributed by atoms with E-state index in [0.717, 1.165) is 42.9 Å². The second-order valence-corrected chi connectivity index (χ2v) is 10.8. The fourth-order valence-electron chi connectivity index (χ4n) is 6.66. The van der Waals surface area contributed by atoms with Gasteiger partial charge in [0, 0.05) is 0 Å². The lowest BCUT2D eigenvalue weighted by atomic mass is 9.60. The second-order valence-electron chi connectivity index (χ2n) is 10.8. The number of aliphatic hydroxyl groups is 1. The SMILES string of the molecule is C=C1CC[C@H](O)C/C1=C/C=C1\CCC[C@]2(C)[C@@H]([C@@H](C)CCCC(C)C)CC[C@@H]12. The molecule has 1 heteroatoms. The van der Waals surface area contributed by atoms with Gasteiger partial charge >= 0.3 is 0 Å². The van der Waals surface area contributed by atoms with Crippen molar-refractivity contribution in [2.45, 2.75) is 104 Å². The number of fused-ring (bicyclic) bond motifs is 1. The fourth-order valence-corrected chi connectivity index (χ4v) is 6.66. The quantitative estimate of drug-likeness (QED) is 0.499. The van der Waals surface area contributed by atoms with Crippen molar-refractivity contribution in [2.75, 3.05) is 0 Å². The zero-order valence-electron chi connectivity index (χ0n) is 19.0. The molecule has 0 bridgehead atoms. The summed E-state index contributed by atoms with van der Waals surface area (Å²) in [4.78, 5) is 0. The van der Waals surface area contributed by atoms with E-state index in [0.29, 0.717) is 5.41 Å². The first-order chi connectivity index (χ1) is 13.3. The van der Waals surface area contributed by atoms with E-state index in [-0.39, 0.29) is 6.10 Å². The molecule has 3 fully saturated rings. The van der Waals surface area contributed by atoms with Crippen LogP contribution in [0.1, 0.15) is 98.3 Å². The maximum atomic E-state index is 10.0. The lowest BCUT2D eigenvalue weighted by molar-refractivity contribution is 0.0929. The number of rotatable bonds is 6. The normalized spacial score (nSPS) is 37.6. The van der Waals surface area contributed by atoms with Crippen molar-refractivity contribution in [1.29, 1.82) is 0 Å². The summed E-state index contributed by atoms with van der Waals surface area (Å²) in [5.74, 6) is 3.37. The van der Waals surface area contributed by atoms with E-state index in [9.17, 15) is 5.11 Å². The lowest BCUT2D eigenvalue weighted by Gasteiger charge is -2.44. The van der Waals surface area contributed by atoms with Gasteiger partial charge in [0.2, 0.25) is 0 Å². The van der Waals surface area contributed by atoms with Gasteiger partial charge in [0.25, 0.3) is 0 Å². The Labute approximate surface area is 174 Å². The predicted molar refractivity (Wildman–Crippen MR) is 121 cm³/mol. The Morgan fingerprint density at radius 1 is 1.11 bits per heavy atom. The van der Waals surface area contributed by atoms with E-state index in [1.165, 1.54) is 62.5 Å². The van der Waals surface area contributed by atoms with Crippen molar-refractivity contribution in [2.24, 2.45) is 29.1 Å². The van der Waals surface area contributed by atoms with Gasteiger partial charge in [-0.1, -0.05) is 76.8 Å². The number of hydrogen-bond donors (Lipinski definition) is 1. The van der Waals surface area contributed by atoms with Crippen molar-refractivity contribution < 1.29 is 5.11 Å². The maximum absolute atomic E-state index is 10.0. The summed E-state index contributed by atoms with van der Waals surface area (Å²) in [7, 11) is 0. The van der Waals surface area contributed by atoms with E-state index in [1.54, 1.807) is 5.57 Å². The smallest absolute Gasteiger partial charge is 0.0583 e. The Bertz CT molecular complexity index is 610. The van der Waals surface area contributed by atoms with Crippen LogP contribution in [0.4, 0.5) is 0 Å². The molecule has 158 valence electrons. The Kier molecular flexibility index (Phi) is 7.29. The van der Waals surface area contributed by atoms with Gasteiger partial charge in [0.1, 0.15) is 0 Å². The third-order valence-corrected chi connectivity index (χ3v) is 8.35. The van der Waals surface area contributed by atoms with Crippen molar-refractivity contribution >= 4 is 0 Å². The Balaban J connectivity index is 1.70. The highest BCUT2D eigenvalue weighted by Gasteiger charge is 2.50. The summed E-state index contributed by atoms with van der Waals surface area (Å²) >= 11 is 0. The first-order valence-corrected chi connectivity index (χ1v) is 12.1. The highest BCUT2D eigenvalue weighted by atomic mass is 16.3. The molecule has 5 atom stereocenters. The molecular weight excluding hydrogens is 340 g/mol. The van der Waals surface area contributed by atoms with E-state index in [2.05, 4.69) is 46.4 Å². The Morgan fingerprint density at radius 3 is 2.64 bits per heavy atom. The van der Waals surface area contributed by atoms with Crippen molar-refractivity contribution in [3.05, 3.63) is 35.5 Å². The predicted octanol–water partition coefficient (Wildman–Crippen LogP) is 7.62. The molecule has 0 aromatic heterocycles. The first kappa shape index (κ1) is 21.9. The van der Waals surface area contributed by atoms with Crippen molar-refractivity contribution in [3.8, 4) is 0 Å². The zero-order valence-corrected chi connectivity index (χ0v) is 19.0. The van der Waals surface area contributed by atoms with Gasteiger partial charge in [-0.2, -0.15) is 0 Å². The van der Waals surface area contributed by atoms with Gasteiger partial charge in [-0.3, -0.25) is 0 Å². The standard InChI is InChI=1S/C27H44O/c1-19(2)8-6-9-21(4)25-15-16-26-22(10-7-17-27(25,26)5)12-13-23-18-24(28)14-11-20(23)3/h12-13,19,21,24-26,28H,3,6-11,14-18H2,1-2,4-5H3/b22-12+,23-13-/t21-,24-,25+,26-,27+/m0/s1. The second kappa shape index (κ2) is 9.33. The summed E-state index contributed by atoms with van der Waals surface area (Å²) in [5, 5.41) is 10.0. The van der Waals surface area contributed by atoms with Crippen LogP contribution >= 0.6 is 0 Å². The van der Waals surface area contributed by atoms with Crippen LogP contribution in [0.3, 0.4) is 0 Å². The molecule has 0 aliphatic heterocycles.